The molecule has 0 saturated carbocycles. The highest BCUT2D eigenvalue weighted by Gasteiger charge is 2.20. The Kier molecular flexibility index (Phi) is 8.19. The highest BCUT2D eigenvalue weighted by atomic mass is 35.5. The summed E-state index contributed by atoms with van der Waals surface area (Å²) in [5, 5.41) is 25.0. The van der Waals surface area contributed by atoms with Crippen LogP contribution in [0.1, 0.15) is 22.8 Å². The van der Waals surface area contributed by atoms with Crippen LogP contribution in [0.5, 0.6) is 11.5 Å². The van der Waals surface area contributed by atoms with E-state index in [2.05, 4.69) is 5.32 Å². The monoisotopic (exact) mass is 541 g/mol. The Hall–Kier alpha value is -5.20. The Labute approximate surface area is 228 Å². The van der Waals surface area contributed by atoms with Crippen LogP contribution in [0.3, 0.4) is 0 Å². The molecule has 1 amide bonds. The Morgan fingerprint density at radius 3 is 2.56 bits per heavy atom. The van der Waals surface area contributed by atoms with E-state index < -0.39 is 22.5 Å². The van der Waals surface area contributed by atoms with Gasteiger partial charge in [0.25, 0.3) is 11.6 Å². The van der Waals surface area contributed by atoms with Crippen LogP contribution < -0.4 is 14.8 Å². The second-order valence-electron chi connectivity index (χ2n) is 8.10. The fourth-order valence-corrected chi connectivity index (χ4v) is 3.96. The van der Waals surface area contributed by atoms with E-state index in [1.165, 1.54) is 30.3 Å². The van der Waals surface area contributed by atoms with Gasteiger partial charge in [-0.25, -0.2) is 4.79 Å². The molecule has 0 aliphatic carbocycles. The van der Waals surface area contributed by atoms with Gasteiger partial charge in [-0.3, -0.25) is 14.9 Å². The summed E-state index contributed by atoms with van der Waals surface area (Å²) in [5.74, 6) is -1.04. The number of carbonyl (C=O) groups is 2. The summed E-state index contributed by atoms with van der Waals surface area (Å²) in [4.78, 5) is 36.4. The van der Waals surface area contributed by atoms with Crippen LogP contribution in [0.25, 0.3) is 16.8 Å². The molecule has 1 N–H and O–H groups in total. The molecule has 0 saturated heterocycles. The number of rotatable bonds is 8. The van der Waals surface area contributed by atoms with Gasteiger partial charge in [0.05, 0.1) is 17.1 Å². The van der Waals surface area contributed by atoms with Gasteiger partial charge in [0.1, 0.15) is 17.3 Å². The number of ether oxygens (including phenoxy) is 2. The van der Waals surface area contributed by atoms with Crippen molar-refractivity contribution in [2.24, 2.45) is 0 Å². The van der Waals surface area contributed by atoms with Gasteiger partial charge in [0.2, 0.25) is 0 Å². The van der Waals surface area contributed by atoms with Crippen molar-refractivity contribution in [3.63, 3.8) is 0 Å². The molecule has 0 heterocycles. The zero-order chi connectivity index (χ0) is 27.9. The first kappa shape index (κ1) is 26.9. The summed E-state index contributed by atoms with van der Waals surface area (Å²) in [5.41, 5.74) is -0.0486. The van der Waals surface area contributed by atoms with Gasteiger partial charge in [-0.2, -0.15) is 5.26 Å². The average Bonchev–Trinajstić information content (AvgIpc) is 2.93. The standard InChI is InChI=1S/C29H20ClN3O6/c1-2-38-27-15-18(14-20(17-31)28(34)32-24-12-11-21(30)16-25(24)33(36)37)10-13-26(27)39-29(35)23-9-5-7-19-6-3-4-8-22(19)23/h3-16H,2H2,1H3,(H,32,34). The highest BCUT2D eigenvalue weighted by molar-refractivity contribution is 6.31. The van der Waals surface area contributed by atoms with E-state index in [0.29, 0.717) is 11.1 Å². The molecule has 10 heteroatoms. The number of fused-ring (bicyclic) bond motifs is 1. The molecule has 39 heavy (non-hydrogen) atoms. The van der Waals surface area contributed by atoms with Gasteiger partial charge in [0.15, 0.2) is 11.5 Å². The fourth-order valence-electron chi connectivity index (χ4n) is 3.79. The van der Waals surface area contributed by atoms with Crippen molar-refractivity contribution in [2.45, 2.75) is 6.92 Å². The van der Waals surface area contributed by atoms with E-state index in [0.717, 1.165) is 16.8 Å². The summed E-state index contributed by atoms with van der Waals surface area (Å²) in [6, 6.07) is 22.9. The second kappa shape index (κ2) is 11.9. The predicted octanol–water partition coefficient (Wildman–Crippen LogP) is 6.56. The first-order chi connectivity index (χ1) is 18.8. The molecule has 4 rings (SSSR count). The van der Waals surface area contributed by atoms with Crippen LogP contribution in [0.4, 0.5) is 11.4 Å². The second-order valence-corrected chi connectivity index (χ2v) is 8.53. The summed E-state index contributed by atoms with van der Waals surface area (Å²) in [6.07, 6.45) is 1.29. The van der Waals surface area contributed by atoms with Gasteiger partial charge >= 0.3 is 5.97 Å². The summed E-state index contributed by atoms with van der Waals surface area (Å²) in [6.45, 7) is 2.02. The van der Waals surface area contributed by atoms with Crippen LogP contribution in [0.15, 0.2) is 84.4 Å². The molecule has 0 bridgehead atoms. The van der Waals surface area contributed by atoms with Gasteiger partial charge in [0, 0.05) is 11.1 Å². The highest BCUT2D eigenvalue weighted by Crippen LogP contribution is 2.32. The number of hydrogen-bond donors (Lipinski definition) is 1. The van der Waals surface area contributed by atoms with Crippen molar-refractivity contribution in [1.29, 1.82) is 5.26 Å². The first-order valence-corrected chi connectivity index (χ1v) is 12.0. The van der Waals surface area contributed by atoms with Crippen molar-refractivity contribution in [2.75, 3.05) is 11.9 Å². The molecule has 4 aromatic rings. The van der Waals surface area contributed by atoms with Crippen LogP contribution >= 0.6 is 11.6 Å². The third kappa shape index (κ3) is 6.21. The van der Waals surface area contributed by atoms with E-state index in [4.69, 9.17) is 21.1 Å². The lowest BCUT2D eigenvalue weighted by Crippen LogP contribution is -2.14. The maximum absolute atomic E-state index is 13.0. The van der Waals surface area contributed by atoms with E-state index in [-0.39, 0.29) is 34.4 Å². The number of amides is 1. The lowest BCUT2D eigenvalue weighted by atomic mass is 10.0. The third-order valence-electron chi connectivity index (χ3n) is 5.56. The Bertz CT molecular complexity index is 1670. The summed E-state index contributed by atoms with van der Waals surface area (Å²) in [7, 11) is 0. The number of nitriles is 1. The minimum absolute atomic E-state index is 0.110. The van der Waals surface area contributed by atoms with Crippen molar-refractivity contribution >= 4 is 51.7 Å². The van der Waals surface area contributed by atoms with Gasteiger partial charge in [-0.1, -0.05) is 54.1 Å². The number of esters is 1. The SMILES string of the molecule is CCOc1cc(C=C(C#N)C(=O)Nc2ccc(Cl)cc2[N+](=O)[O-])ccc1OC(=O)c1cccc2ccccc12. The first-order valence-electron chi connectivity index (χ1n) is 11.6. The topological polar surface area (TPSA) is 132 Å². The number of nitro groups is 1. The molecule has 0 aliphatic rings. The lowest BCUT2D eigenvalue weighted by molar-refractivity contribution is -0.383. The molecule has 194 valence electrons. The fraction of sp³-hybridized carbons (Fsp3) is 0.0690. The number of anilines is 1. The number of nitrogens with zero attached hydrogens (tertiary/aromatic N) is 2. The Morgan fingerprint density at radius 1 is 1.05 bits per heavy atom. The lowest BCUT2D eigenvalue weighted by Gasteiger charge is -2.12. The molecule has 4 aromatic carbocycles. The van der Waals surface area contributed by atoms with Crippen molar-refractivity contribution in [3.8, 4) is 17.6 Å². The number of nitro benzene ring substituents is 1. The number of benzene rings is 4. The zero-order valence-electron chi connectivity index (χ0n) is 20.5. The molecular formula is C29H20ClN3O6. The van der Waals surface area contributed by atoms with Gasteiger partial charge < -0.3 is 14.8 Å². The number of nitrogens with one attached hydrogen (secondary N) is 1. The van der Waals surface area contributed by atoms with Crippen LogP contribution in [-0.2, 0) is 4.79 Å². The molecule has 0 fully saturated rings. The normalized spacial score (nSPS) is 10.9. The molecule has 0 radical (unpaired) electrons. The van der Waals surface area contributed by atoms with Crippen molar-refractivity contribution in [3.05, 3.63) is 111 Å². The molecular weight excluding hydrogens is 522 g/mol. The molecule has 0 aliphatic heterocycles. The minimum Gasteiger partial charge on any atom is -0.490 e. The largest absolute Gasteiger partial charge is 0.490 e. The molecule has 0 spiro atoms. The maximum atomic E-state index is 13.0. The molecule has 0 aromatic heterocycles. The van der Waals surface area contributed by atoms with E-state index >= 15 is 0 Å². The number of halogens is 1. The quantitative estimate of drug-likeness (QED) is 0.0666. The van der Waals surface area contributed by atoms with E-state index in [9.17, 15) is 25.0 Å². The third-order valence-corrected chi connectivity index (χ3v) is 5.80. The maximum Gasteiger partial charge on any atom is 0.344 e. The summed E-state index contributed by atoms with van der Waals surface area (Å²) >= 11 is 5.82. The smallest absolute Gasteiger partial charge is 0.344 e. The van der Waals surface area contributed by atoms with Crippen LogP contribution in [-0.4, -0.2) is 23.4 Å². The van der Waals surface area contributed by atoms with Crippen LogP contribution in [0, 0.1) is 21.4 Å². The minimum atomic E-state index is -0.854. The zero-order valence-corrected chi connectivity index (χ0v) is 21.3. The van der Waals surface area contributed by atoms with Gasteiger partial charge in [-0.15, -0.1) is 0 Å². The Morgan fingerprint density at radius 2 is 1.82 bits per heavy atom. The number of carbonyl (C=O) groups excluding carboxylic acids is 2. The van der Waals surface area contributed by atoms with Crippen molar-refractivity contribution in [1.82, 2.24) is 0 Å². The number of hydrogen-bond acceptors (Lipinski definition) is 7. The van der Waals surface area contributed by atoms with E-state index in [1.54, 1.807) is 31.2 Å². The van der Waals surface area contributed by atoms with Gasteiger partial charge in [-0.05, 0) is 59.7 Å². The van der Waals surface area contributed by atoms with E-state index in [1.807, 2.05) is 30.3 Å². The molecule has 0 atom stereocenters. The summed E-state index contributed by atoms with van der Waals surface area (Å²) < 4.78 is 11.3. The predicted molar refractivity (Wildman–Crippen MR) is 147 cm³/mol. The Balaban J connectivity index is 1.60. The molecule has 0 unspecified atom stereocenters. The average molecular weight is 542 g/mol. The van der Waals surface area contributed by atoms with Crippen LogP contribution in [0.2, 0.25) is 5.02 Å². The van der Waals surface area contributed by atoms with Crippen molar-refractivity contribution < 1.29 is 24.0 Å². The molecule has 9 nitrogen and oxygen atoms in total.